The zero-order chi connectivity index (χ0) is 30.3. The number of carbonyl (C=O) groups is 2. The molecule has 0 aromatic heterocycles. The second-order valence-electron chi connectivity index (χ2n) is 11.3. The van der Waals surface area contributed by atoms with E-state index in [0.29, 0.717) is 12.1 Å². The standard InChI is InChI=1S/C33H40BrN3O4S/c1-24-17-18-30(25(2)19-24)37(42(3,40)41)23-32(38)36(22-27-13-10-14-28(34)20-27)31(21-26-11-6-4-7-12-26)33(39)35-29-15-8-5-9-16-29/h4,6-7,10-14,17-20,29,31H,5,8-9,15-16,21-23H2,1-3H3,(H,35,39). The van der Waals surface area contributed by atoms with Crippen molar-refractivity contribution in [2.24, 2.45) is 0 Å². The smallest absolute Gasteiger partial charge is 0.244 e. The van der Waals surface area contributed by atoms with Crippen molar-refractivity contribution < 1.29 is 18.0 Å². The van der Waals surface area contributed by atoms with Crippen LogP contribution in [-0.2, 0) is 32.6 Å². The number of hydrogen-bond donors (Lipinski definition) is 1. The van der Waals surface area contributed by atoms with E-state index in [1.54, 1.807) is 11.0 Å². The van der Waals surface area contributed by atoms with Crippen LogP contribution in [0.2, 0.25) is 0 Å². The molecule has 4 rings (SSSR count). The molecule has 3 aromatic carbocycles. The quantitative estimate of drug-likeness (QED) is 0.278. The van der Waals surface area contributed by atoms with Gasteiger partial charge >= 0.3 is 0 Å². The van der Waals surface area contributed by atoms with Gasteiger partial charge in [0.1, 0.15) is 12.6 Å². The highest BCUT2D eigenvalue weighted by atomic mass is 79.9. The number of nitrogens with one attached hydrogen (secondary N) is 1. The van der Waals surface area contributed by atoms with Crippen molar-refractivity contribution >= 4 is 43.5 Å². The minimum atomic E-state index is -3.81. The Morgan fingerprint density at radius 1 is 0.929 bits per heavy atom. The maximum Gasteiger partial charge on any atom is 0.244 e. The zero-order valence-corrected chi connectivity index (χ0v) is 27.0. The van der Waals surface area contributed by atoms with Crippen molar-refractivity contribution in [3.63, 3.8) is 0 Å². The van der Waals surface area contributed by atoms with Crippen molar-refractivity contribution in [1.82, 2.24) is 10.2 Å². The first-order valence-electron chi connectivity index (χ1n) is 14.4. The lowest BCUT2D eigenvalue weighted by Crippen LogP contribution is -2.55. The summed E-state index contributed by atoms with van der Waals surface area (Å²) in [5.41, 5.74) is 3.95. The molecule has 0 aliphatic heterocycles. The Labute approximate surface area is 258 Å². The number of rotatable bonds is 11. The molecule has 9 heteroatoms. The average Bonchev–Trinajstić information content (AvgIpc) is 2.94. The van der Waals surface area contributed by atoms with Crippen LogP contribution in [0.25, 0.3) is 0 Å². The summed E-state index contributed by atoms with van der Waals surface area (Å²) in [6.45, 7) is 3.50. The molecule has 1 N–H and O–H groups in total. The van der Waals surface area contributed by atoms with E-state index >= 15 is 0 Å². The second kappa shape index (κ2) is 14.3. The second-order valence-corrected chi connectivity index (χ2v) is 14.1. The molecule has 0 saturated heterocycles. The van der Waals surface area contributed by atoms with Crippen molar-refractivity contribution in [3.8, 4) is 0 Å². The summed E-state index contributed by atoms with van der Waals surface area (Å²) in [5.74, 6) is -0.661. The van der Waals surface area contributed by atoms with E-state index in [1.807, 2.05) is 80.6 Å². The number of sulfonamides is 1. The molecule has 3 aromatic rings. The summed E-state index contributed by atoms with van der Waals surface area (Å²) >= 11 is 3.52. The van der Waals surface area contributed by atoms with Gasteiger partial charge in [-0.25, -0.2) is 8.42 Å². The van der Waals surface area contributed by atoms with Crippen LogP contribution >= 0.6 is 15.9 Å². The third-order valence-corrected chi connectivity index (χ3v) is 9.38. The third-order valence-electron chi connectivity index (χ3n) is 7.76. The zero-order valence-electron chi connectivity index (χ0n) is 24.6. The summed E-state index contributed by atoms with van der Waals surface area (Å²) in [7, 11) is -3.81. The van der Waals surface area contributed by atoms with Crippen LogP contribution in [0.3, 0.4) is 0 Å². The Morgan fingerprint density at radius 3 is 2.26 bits per heavy atom. The van der Waals surface area contributed by atoms with Gasteiger partial charge in [-0.1, -0.05) is 95.4 Å². The fourth-order valence-corrected chi connectivity index (χ4v) is 6.96. The van der Waals surface area contributed by atoms with Gasteiger partial charge in [-0.15, -0.1) is 0 Å². The monoisotopic (exact) mass is 653 g/mol. The Balaban J connectivity index is 1.74. The van der Waals surface area contributed by atoms with Crippen LogP contribution in [0.1, 0.15) is 54.4 Å². The first-order valence-corrected chi connectivity index (χ1v) is 17.1. The Kier molecular flexibility index (Phi) is 10.8. The number of nitrogens with zero attached hydrogens (tertiary/aromatic N) is 2. The van der Waals surface area contributed by atoms with Crippen LogP contribution < -0.4 is 9.62 Å². The highest BCUT2D eigenvalue weighted by Gasteiger charge is 2.34. The van der Waals surface area contributed by atoms with Crippen LogP contribution in [0, 0.1) is 13.8 Å². The lowest BCUT2D eigenvalue weighted by Gasteiger charge is -2.35. The molecule has 1 unspecified atom stereocenters. The molecule has 1 atom stereocenters. The molecule has 1 aliphatic carbocycles. The van der Waals surface area contributed by atoms with E-state index in [2.05, 4.69) is 21.2 Å². The predicted molar refractivity (Wildman–Crippen MR) is 172 cm³/mol. The fourth-order valence-electron chi connectivity index (χ4n) is 5.61. The number of amides is 2. The maximum absolute atomic E-state index is 14.3. The van der Waals surface area contributed by atoms with E-state index in [-0.39, 0.29) is 18.5 Å². The van der Waals surface area contributed by atoms with Gasteiger partial charge in [0.15, 0.2) is 0 Å². The average molecular weight is 655 g/mol. The largest absolute Gasteiger partial charge is 0.352 e. The van der Waals surface area contributed by atoms with E-state index in [9.17, 15) is 18.0 Å². The summed E-state index contributed by atoms with van der Waals surface area (Å²) in [4.78, 5) is 29.9. The van der Waals surface area contributed by atoms with Crippen molar-refractivity contribution in [3.05, 3.63) is 99.5 Å². The molecule has 0 spiro atoms. The fraction of sp³-hybridized carbons (Fsp3) is 0.394. The normalized spacial score (nSPS) is 14.7. The van der Waals surface area contributed by atoms with Gasteiger partial charge in [0.2, 0.25) is 21.8 Å². The number of anilines is 1. The molecule has 1 aliphatic rings. The first-order chi connectivity index (χ1) is 20.0. The van der Waals surface area contributed by atoms with Gasteiger partial charge in [-0.2, -0.15) is 0 Å². The highest BCUT2D eigenvalue weighted by molar-refractivity contribution is 9.10. The third kappa shape index (κ3) is 8.67. The predicted octanol–water partition coefficient (Wildman–Crippen LogP) is 5.92. The van der Waals surface area contributed by atoms with E-state index in [1.165, 1.54) is 0 Å². The van der Waals surface area contributed by atoms with Gasteiger partial charge in [-0.05, 0) is 61.6 Å². The minimum absolute atomic E-state index is 0.0649. The summed E-state index contributed by atoms with van der Waals surface area (Å²) < 4.78 is 28.1. The Bertz CT molecular complexity index is 1490. The number of hydrogen-bond acceptors (Lipinski definition) is 4. The lowest BCUT2D eigenvalue weighted by molar-refractivity contribution is -0.140. The Morgan fingerprint density at radius 2 is 1.62 bits per heavy atom. The molecule has 0 heterocycles. The summed E-state index contributed by atoms with van der Waals surface area (Å²) in [6.07, 6.45) is 6.53. The van der Waals surface area contributed by atoms with E-state index in [0.717, 1.165) is 69.4 Å². The molecular weight excluding hydrogens is 614 g/mol. The van der Waals surface area contributed by atoms with E-state index < -0.39 is 28.5 Å². The number of aryl methyl sites for hydroxylation is 2. The minimum Gasteiger partial charge on any atom is -0.352 e. The molecule has 0 bridgehead atoms. The molecule has 42 heavy (non-hydrogen) atoms. The summed E-state index contributed by atoms with van der Waals surface area (Å²) in [6, 6.07) is 21.9. The lowest BCUT2D eigenvalue weighted by atomic mass is 9.94. The van der Waals surface area contributed by atoms with Gasteiger partial charge < -0.3 is 10.2 Å². The molecule has 2 amide bonds. The van der Waals surface area contributed by atoms with Gasteiger partial charge in [-0.3, -0.25) is 13.9 Å². The molecular formula is C33H40BrN3O4S. The van der Waals surface area contributed by atoms with Crippen molar-refractivity contribution in [2.75, 3.05) is 17.1 Å². The van der Waals surface area contributed by atoms with Crippen LogP contribution in [-0.4, -0.2) is 50.0 Å². The van der Waals surface area contributed by atoms with Crippen molar-refractivity contribution in [1.29, 1.82) is 0 Å². The van der Waals surface area contributed by atoms with Crippen LogP contribution in [0.15, 0.2) is 77.3 Å². The van der Waals surface area contributed by atoms with Crippen molar-refractivity contribution in [2.45, 2.75) is 71.0 Å². The van der Waals surface area contributed by atoms with Gasteiger partial charge in [0.05, 0.1) is 11.9 Å². The topological polar surface area (TPSA) is 86.8 Å². The molecule has 224 valence electrons. The van der Waals surface area contributed by atoms with Gasteiger partial charge in [0, 0.05) is 23.5 Å². The SMILES string of the molecule is Cc1ccc(N(CC(=O)N(Cc2cccc(Br)c2)C(Cc2ccccc2)C(=O)NC2CCCCC2)S(C)(=O)=O)c(C)c1. The molecule has 1 fully saturated rings. The molecule has 0 radical (unpaired) electrons. The number of carbonyl (C=O) groups excluding carboxylic acids is 2. The highest BCUT2D eigenvalue weighted by Crippen LogP contribution is 2.25. The summed E-state index contributed by atoms with van der Waals surface area (Å²) in [5, 5.41) is 3.23. The maximum atomic E-state index is 14.3. The first kappa shape index (κ1) is 31.8. The Hall–Kier alpha value is -3.17. The van der Waals surface area contributed by atoms with Gasteiger partial charge in [0.25, 0.3) is 0 Å². The number of halogens is 1. The number of benzene rings is 3. The van der Waals surface area contributed by atoms with Crippen LogP contribution in [0.4, 0.5) is 5.69 Å². The molecule has 1 saturated carbocycles. The van der Waals surface area contributed by atoms with E-state index in [4.69, 9.17) is 0 Å². The molecule has 7 nitrogen and oxygen atoms in total. The van der Waals surface area contributed by atoms with Crippen LogP contribution in [0.5, 0.6) is 0 Å².